The van der Waals surface area contributed by atoms with E-state index in [0.717, 1.165) is 18.2 Å². The predicted molar refractivity (Wildman–Crippen MR) is 102 cm³/mol. The Morgan fingerprint density at radius 1 is 1.04 bits per heavy atom. The lowest BCUT2D eigenvalue weighted by atomic mass is 10.1. The highest BCUT2D eigenvalue weighted by molar-refractivity contribution is 6.42. The Labute approximate surface area is 172 Å². The monoisotopic (exact) mass is 451 g/mol. The molecule has 2 rings (SSSR count). The van der Waals surface area contributed by atoms with Gasteiger partial charge in [-0.2, -0.15) is 13.2 Å². The van der Waals surface area contributed by atoms with Crippen LogP contribution in [0.3, 0.4) is 0 Å². The van der Waals surface area contributed by atoms with E-state index in [9.17, 15) is 22.8 Å². The maximum Gasteiger partial charge on any atom is 0.416 e. The number of carbonyl (C=O) groups excluding carboxylic acids is 2. The zero-order valence-corrected chi connectivity index (χ0v) is 16.1. The molecule has 0 aliphatic heterocycles. The normalized spacial score (nSPS) is 11.5. The second kappa shape index (κ2) is 9.32. The van der Waals surface area contributed by atoms with E-state index in [2.05, 4.69) is 5.32 Å². The molecule has 2 aromatic rings. The Morgan fingerprint density at radius 2 is 1.61 bits per heavy atom. The van der Waals surface area contributed by atoms with E-state index in [0.29, 0.717) is 5.56 Å². The fourth-order valence-corrected chi connectivity index (χ4v) is 2.88. The minimum absolute atomic E-state index is 0.111. The molecular formula is C18H11Cl3F3NO3. The van der Waals surface area contributed by atoms with Crippen LogP contribution in [-0.4, -0.2) is 18.5 Å². The molecule has 0 saturated carbocycles. The third kappa shape index (κ3) is 6.44. The third-order valence-electron chi connectivity index (χ3n) is 3.27. The number of ether oxygens (including phenoxy) is 1. The standard InChI is InChI=1S/C18H11Cl3F3NO3/c19-12-7-13(20)17(14(21)8-12)25-15(26)9-28-16(27)6-3-10-1-4-11(5-2-10)18(22,23)24/h1-8H,9H2,(H,25,26)/b6-3+. The summed E-state index contributed by atoms with van der Waals surface area (Å²) in [6, 6.07) is 6.93. The molecule has 0 aliphatic rings. The Kier molecular flexibility index (Phi) is 7.35. The van der Waals surface area contributed by atoms with Crippen molar-refractivity contribution in [1.29, 1.82) is 0 Å². The largest absolute Gasteiger partial charge is 0.452 e. The van der Waals surface area contributed by atoms with Gasteiger partial charge in [0.2, 0.25) is 0 Å². The summed E-state index contributed by atoms with van der Waals surface area (Å²) in [5.74, 6) is -1.55. The second-order valence-electron chi connectivity index (χ2n) is 5.35. The summed E-state index contributed by atoms with van der Waals surface area (Å²) < 4.78 is 42.2. The molecular weight excluding hydrogens is 442 g/mol. The molecule has 4 nitrogen and oxygen atoms in total. The summed E-state index contributed by atoms with van der Waals surface area (Å²) in [6.45, 7) is -0.620. The number of rotatable bonds is 5. The van der Waals surface area contributed by atoms with Crippen LogP contribution in [0.5, 0.6) is 0 Å². The highest BCUT2D eigenvalue weighted by atomic mass is 35.5. The zero-order chi connectivity index (χ0) is 20.9. The lowest BCUT2D eigenvalue weighted by molar-refractivity contribution is -0.142. The van der Waals surface area contributed by atoms with Gasteiger partial charge in [0.25, 0.3) is 5.91 Å². The van der Waals surface area contributed by atoms with Gasteiger partial charge in [0, 0.05) is 11.1 Å². The minimum Gasteiger partial charge on any atom is -0.452 e. The number of hydrogen-bond acceptors (Lipinski definition) is 3. The Morgan fingerprint density at radius 3 is 2.14 bits per heavy atom. The first kappa shape index (κ1) is 22.1. The lowest BCUT2D eigenvalue weighted by Gasteiger charge is -2.09. The van der Waals surface area contributed by atoms with Gasteiger partial charge in [0.15, 0.2) is 6.61 Å². The van der Waals surface area contributed by atoms with Gasteiger partial charge in [-0.25, -0.2) is 4.79 Å². The highest BCUT2D eigenvalue weighted by Crippen LogP contribution is 2.33. The average Bonchev–Trinajstić information content (AvgIpc) is 2.60. The average molecular weight is 453 g/mol. The van der Waals surface area contributed by atoms with Crippen LogP contribution in [0.2, 0.25) is 15.1 Å². The summed E-state index contributed by atoms with van der Waals surface area (Å²) >= 11 is 17.6. The maximum atomic E-state index is 12.5. The zero-order valence-electron chi connectivity index (χ0n) is 13.8. The van der Waals surface area contributed by atoms with Crippen molar-refractivity contribution in [2.75, 3.05) is 11.9 Å². The lowest BCUT2D eigenvalue weighted by Crippen LogP contribution is -2.20. The van der Waals surface area contributed by atoms with E-state index < -0.39 is 30.2 Å². The van der Waals surface area contributed by atoms with Crippen LogP contribution in [0.4, 0.5) is 18.9 Å². The predicted octanol–water partition coefficient (Wildman–Crippen LogP) is 5.86. The van der Waals surface area contributed by atoms with Crippen molar-refractivity contribution in [3.63, 3.8) is 0 Å². The molecule has 0 aliphatic carbocycles. The van der Waals surface area contributed by atoms with Gasteiger partial charge in [-0.3, -0.25) is 4.79 Å². The van der Waals surface area contributed by atoms with Crippen LogP contribution < -0.4 is 5.32 Å². The van der Waals surface area contributed by atoms with Gasteiger partial charge < -0.3 is 10.1 Å². The number of carbonyl (C=O) groups is 2. The molecule has 1 amide bonds. The molecule has 0 unspecified atom stereocenters. The van der Waals surface area contributed by atoms with E-state index in [-0.39, 0.29) is 20.8 Å². The van der Waals surface area contributed by atoms with Gasteiger partial charge in [0.1, 0.15) is 0 Å². The molecule has 0 radical (unpaired) electrons. The van der Waals surface area contributed by atoms with Crippen molar-refractivity contribution in [2.45, 2.75) is 6.18 Å². The van der Waals surface area contributed by atoms with Crippen LogP contribution >= 0.6 is 34.8 Å². The van der Waals surface area contributed by atoms with Gasteiger partial charge in [0.05, 0.1) is 21.3 Å². The van der Waals surface area contributed by atoms with Crippen LogP contribution in [-0.2, 0) is 20.5 Å². The highest BCUT2D eigenvalue weighted by Gasteiger charge is 2.29. The summed E-state index contributed by atoms with van der Waals surface area (Å²) in [7, 11) is 0. The first-order valence-corrected chi connectivity index (χ1v) is 8.66. The SMILES string of the molecule is O=C(COC(=O)/C=C/c1ccc(C(F)(F)F)cc1)Nc1c(Cl)cc(Cl)cc1Cl. The fourth-order valence-electron chi connectivity index (χ4n) is 1.97. The van der Waals surface area contributed by atoms with E-state index in [1.165, 1.54) is 30.3 Å². The number of benzene rings is 2. The Balaban J connectivity index is 1.88. The molecule has 0 aromatic heterocycles. The number of esters is 1. The number of hydrogen-bond donors (Lipinski definition) is 1. The molecule has 0 bridgehead atoms. The number of amides is 1. The summed E-state index contributed by atoms with van der Waals surface area (Å²) in [5.41, 5.74) is -0.327. The fraction of sp³-hybridized carbons (Fsp3) is 0.111. The number of nitrogens with one attached hydrogen (secondary N) is 1. The van der Waals surface area contributed by atoms with E-state index in [4.69, 9.17) is 39.5 Å². The summed E-state index contributed by atoms with van der Waals surface area (Å²) in [6.07, 6.45) is -2.20. The molecule has 0 atom stereocenters. The number of alkyl halides is 3. The molecule has 0 saturated heterocycles. The minimum atomic E-state index is -4.44. The summed E-state index contributed by atoms with van der Waals surface area (Å²) in [4.78, 5) is 23.5. The Bertz CT molecular complexity index is 890. The van der Waals surface area contributed by atoms with Gasteiger partial charge in [-0.05, 0) is 35.9 Å². The van der Waals surface area contributed by atoms with Crippen LogP contribution in [0.25, 0.3) is 6.08 Å². The smallest absolute Gasteiger partial charge is 0.416 e. The van der Waals surface area contributed by atoms with Crippen molar-refractivity contribution in [3.05, 3.63) is 68.7 Å². The van der Waals surface area contributed by atoms with Crippen molar-refractivity contribution in [1.82, 2.24) is 0 Å². The van der Waals surface area contributed by atoms with Crippen molar-refractivity contribution >= 4 is 58.4 Å². The van der Waals surface area contributed by atoms with Gasteiger partial charge in [-0.1, -0.05) is 46.9 Å². The third-order valence-corrected chi connectivity index (χ3v) is 4.08. The van der Waals surface area contributed by atoms with Crippen LogP contribution in [0.1, 0.15) is 11.1 Å². The maximum absolute atomic E-state index is 12.5. The van der Waals surface area contributed by atoms with Gasteiger partial charge >= 0.3 is 12.1 Å². The van der Waals surface area contributed by atoms with Crippen molar-refractivity contribution in [3.8, 4) is 0 Å². The molecule has 10 heteroatoms. The second-order valence-corrected chi connectivity index (χ2v) is 6.60. The molecule has 148 valence electrons. The first-order chi connectivity index (χ1) is 13.1. The van der Waals surface area contributed by atoms with Crippen molar-refractivity contribution in [2.24, 2.45) is 0 Å². The molecule has 1 N–H and O–H groups in total. The first-order valence-electron chi connectivity index (χ1n) is 7.53. The molecule has 0 spiro atoms. The number of halogens is 6. The molecule has 2 aromatic carbocycles. The van der Waals surface area contributed by atoms with Crippen LogP contribution in [0, 0.1) is 0 Å². The van der Waals surface area contributed by atoms with Crippen LogP contribution in [0.15, 0.2) is 42.5 Å². The topological polar surface area (TPSA) is 55.4 Å². The molecule has 28 heavy (non-hydrogen) atoms. The molecule has 0 heterocycles. The van der Waals surface area contributed by atoms with Gasteiger partial charge in [-0.15, -0.1) is 0 Å². The Hall–Kier alpha value is -2.22. The van der Waals surface area contributed by atoms with E-state index >= 15 is 0 Å². The quantitative estimate of drug-likeness (QED) is 0.457. The van der Waals surface area contributed by atoms with E-state index in [1.807, 2.05) is 0 Å². The summed E-state index contributed by atoms with van der Waals surface area (Å²) in [5, 5.41) is 2.89. The van der Waals surface area contributed by atoms with Crippen molar-refractivity contribution < 1.29 is 27.5 Å². The van der Waals surface area contributed by atoms with E-state index in [1.54, 1.807) is 0 Å². The number of anilines is 1. The molecule has 0 fully saturated rings.